The van der Waals surface area contributed by atoms with Crippen LogP contribution in [-0.4, -0.2) is 10.2 Å². The molecule has 4 heteroatoms. The third-order valence-corrected chi connectivity index (χ3v) is 8.33. The van der Waals surface area contributed by atoms with E-state index in [1.807, 2.05) is 97.1 Å². The minimum atomic E-state index is -1.60. The SMILES string of the molecule is OC1(c2ccc3ccccc3c2)c2ccc(Cl)cc2C(O)(c2ccc3ccccc3c2)c2cc(Cl)ccc21. The molecular weight excluding hydrogens is 511 g/mol. The number of halogens is 2. The van der Waals surface area contributed by atoms with Crippen LogP contribution in [0.3, 0.4) is 0 Å². The Balaban J connectivity index is 1.58. The minimum Gasteiger partial charge on any atom is -0.376 e. The van der Waals surface area contributed by atoms with Gasteiger partial charge in [0.05, 0.1) is 0 Å². The van der Waals surface area contributed by atoms with Gasteiger partial charge in [-0.1, -0.05) is 108 Å². The average Bonchev–Trinajstić information content (AvgIpc) is 2.95. The van der Waals surface area contributed by atoms with Crippen LogP contribution in [0.2, 0.25) is 10.0 Å². The van der Waals surface area contributed by atoms with Gasteiger partial charge in [-0.05, 0) is 80.2 Å². The topological polar surface area (TPSA) is 40.5 Å². The Morgan fingerprint density at radius 3 is 1.24 bits per heavy atom. The summed E-state index contributed by atoms with van der Waals surface area (Å²) in [4.78, 5) is 0. The summed E-state index contributed by atoms with van der Waals surface area (Å²) in [5.74, 6) is 0. The van der Waals surface area contributed by atoms with Gasteiger partial charge in [-0.25, -0.2) is 0 Å². The third kappa shape index (κ3) is 3.28. The predicted octanol–water partition coefficient (Wildman–Crippen LogP) is 8.18. The molecule has 0 aliphatic heterocycles. The van der Waals surface area contributed by atoms with Crippen molar-refractivity contribution in [2.24, 2.45) is 0 Å². The fourth-order valence-corrected chi connectivity index (χ4v) is 6.35. The summed E-state index contributed by atoms with van der Waals surface area (Å²) >= 11 is 13.1. The van der Waals surface area contributed by atoms with Gasteiger partial charge in [-0.15, -0.1) is 0 Å². The first-order valence-corrected chi connectivity index (χ1v) is 13.2. The van der Waals surface area contributed by atoms with Crippen LogP contribution in [0.4, 0.5) is 0 Å². The van der Waals surface area contributed by atoms with Crippen molar-refractivity contribution in [3.8, 4) is 0 Å². The Labute approximate surface area is 230 Å². The van der Waals surface area contributed by atoms with Crippen LogP contribution < -0.4 is 0 Å². The molecule has 2 nitrogen and oxygen atoms in total. The molecule has 6 aromatic rings. The van der Waals surface area contributed by atoms with Crippen LogP contribution in [-0.2, 0) is 11.2 Å². The summed E-state index contributed by atoms with van der Waals surface area (Å²) in [7, 11) is 0. The number of benzene rings is 6. The predicted molar refractivity (Wildman–Crippen MR) is 155 cm³/mol. The van der Waals surface area contributed by atoms with E-state index in [0.717, 1.165) is 21.5 Å². The molecule has 0 unspecified atom stereocenters. The Morgan fingerprint density at radius 1 is 0.395 bits per heavy atom. The summed E-state index contributed by atoms with van der Waals surface area (Å²) in [5, 5.41) is 30.6. The van der Waals surface area contributed by atoms with E-state index >= 15 is 0 Å². The maximum atomic E-state index is 12.8. The molecule has 0 fully saturated rings. The van der Waals surface area contributed by atoms with E-state index in [2.05, 4.69) is 0 Å². The summed E-state index contributed by atoms with van der Waals surface area (Å²) in [6, 6.07) is 38.6. The van der Waals surface area contributed by atoms with Gasteiger partial charge in [0.2, 0.25) is 0 Å². The van der Waals surface area contributed by atoms with E-state index in [-0.39, 0.29) is 0 Å². The van der Waals surface area contributed by atoms with Crippen LogP contribution in [0.1, 0.15) is 33.4 Å². The second-order valence-corrected chi connectivity index (χ2v) is 10.8. The average molecular weight is 533 g/mol. The van der Waals surface area contributed by atoms with Crippen molar-refractivity contribution >= 4 is 44.7 Å². The summed E-state index contributed by atoms with van der Waals surface area (Å²) in [6.07, 6.45) is 0. The fraction of sp³-hybridized carbons (Fsp3) is 0.0588. The molecule has 0 atom stereocenters. The number of fused-ring (bicyclic) bond motifs is 4. The first kappa shape index (κ1) is 23.5. The Kier molecular flexibility index (Phi) is 5.20. The smallest absolute Gasteiger partial charge is 0.141 e. The molecule has 0 radical (unpaired) electrons. The fourth-order valence-electron chi connectivity index (χ4n) is 6.00. The summed E-state index contributed by atoms with van der Waals surface area (Å²) in [5.41, 5.74) is 0.398. The molecule has 184 valence electrons. The zero-order chi connectivity index (χ0) is 26.1. The normalized spacial score (nSPS) is 20.3. The molecule has 1 aliphatic rings. The van der Waals surface area contributed by atoms with Crippen molar-refractivity contribution in [2.45, 2.75) is 11.2 Å². The lowest BCUT2D eigenvalue weighted by Crippen LogP contribution is -2.44. The second-order valence-electron chi connectivity index (χ2n) is 9.92. The van der Waals surface area contributed by atoms with Crippen LogP contribution >= 0.6 is 23.2 Å². The van der Waals surface area contributed by atoms with Gasteiger partial charge in [0.15, 0.2) is 0 Å². The molecule has 0 amide bonds. The van der Waals surface area contributed by atoms with E-state index in [1.165, 1.54) is 0 Å². The van der Waals surface area contributed by atoms with Crippen molar-refractivity contribution in [1.29, 1.82) is 0 Å². The monoisotopic (exact) mass is 532 g/mol. The molecule has 7 rings (SSSR count). The number of hydrogen-bond acceptors (Lipinski definition) is 2. The standard InChI is InChI=1S/C34H22Cl2O2/c35-27-13-15-29-31(19-27)34(38,26-12-10-22-6-2-4-8-24(22)18-26)32-20-28(36)14-16-30(32)33(29,37)25-11-9-21-5-1-3-7-23(21)17-25/h1-20,37-38H. The number of aliphatic hydroxyl groups is 2. The maximum Gasteiger partial charge on any atom is 0.141 e. The first-order valence-electron chi connectivity index (χ1n) is 12.4. The van der Waals surface area contributed by atoms with Gasteiger partial charge in [0, 0.05) is 21.2 Å². The van der Waals surface area contributed by atoms with Crippen LogP contribution in [0, 0.1) is 0 Å². The summed E-state index contributed by atoms with van der Waals surface area (Å²) in [6.45, 7) is 0. The van der Waals surface area contributed by atoms with Gasteiger partial charge in [0.1, 0.15) is 11.2 Å². The highest BCUT2D eigenvalue weighted by molar-refractivity contribution is 6.31. The van der Waals surface area contributed by atoms with E-state index < -0.39 is 11.2 Å². The third-order valence-electron chi connectivity index (χ3n) is 7.86. The zero-order valence-electron chi connectivity index (χ0n) is 20.2. The Bertz CT molecular complexity index is 1840. The second kappa shape index (κ2) is 8.42. The van der Waals surface area contributed by atoms with Crippen molar-refractivity contribution in [3.05, 3.63) is 165 Å². The quantitative estimate of drug-likeness (QED) is 0.236. The lowest BCUT2D eigenvalue weighted by molar-refractivity contribution is 0.0749. The summed E-state index contributed by atoms with van der Waals surface area (Å²) < 4.78 is 0. The highest BCUT2D eigenvalue weighted by Gasteiger charge is 2.51. The first-order chi connectivity index (χ1) is 18.4. The van der Waals surface area contributed by atoms with Crippen molar-refractivity contribution in [3.63, 3.8) is 0 Å². The van der Waals surface area contributed by atoms with Gasteiger partial charge in [-0.2, -0.15) is 0 Å². The van der Waals surface area contributed by atoms with E-state index in [0.29, 0.717) is 43.4 Å². The van der Waals surface area contributed by atoms with Gasteiger partial charge in [0.25, 0.3) is 0 Å². The largest absolute Gasteiger partial charge is 0.376 e. The van der Waals surface area contributed by atoms with Crippen LogP contribution in [0.25, 0.3) is 21.5 Å². The van der Waals surface area contributed by atoms with Gasteiger partial charge in [-0.3, -0.25) is 0 Å². The Hall–Kier alpha value is -3.66. The van der Waals surface area contributed by atoms with Crippen LogP contribution in [0.15, 0.2) is 121 Å². The van der Waals surface area contributed by atoms with Crippen molar-refractivity contribution < 1.29 is 10.2 Å². The lowest BCUT2D eigenvalue weighted by atomic mass is 9.63. The minimum absolute atomic E-state index is 0.467. The highest BCUT2D eigenvalue weighted by atomic mass is 35.5. The number of hydrogen-bond donors (Lipinski definition) is 2. The van der Waals surface area contributed by atoms with Gasteiger partial charge < -0.3 is 10.2 Å². The molecule has 0 spiro atoms. The lowest BCUT2D eigenvalue weighted by Gasteiger charge is -2.45. The van der Waals surface area contributed by atoms with E-state index in [9.17, 15) is 10.2 Å². The Morgan fingerprint density at radius 2 is 0.789 bits per heavy atom. The molecule has 0 bridgehead atoms. The van der Waals surface area contributed by atoms with Crippen molar-refractivity contribution in [2.75, 3.05) is 0 Å². The van der Waals surface area contributed by atoms with Crippen LogP contribution in [0.5, 0.6) is 0 Å². The molecular formula is C34H22Cl2O2. The molecule has 1 aliphatic carbocycles. The molecule has 0 heterocycles. The molecule has 0 saturated carbocycles. The molecule has 38 heavy (non-hydrogen) atoms. The number of rotatable bonds is 2. The molecule has 0 saturated heterocycles. The molecule has 6 aromatic carbocycles. The molecule has 0 aromatic heterocycles. The van der Waals surface area contributed by atoms with E-state index in [4.69, 9.17) is 23.2 Å². The van der Waals surface area contributed by atoms with Gasteiger partial charge >= 0.3 is 0 Å². The zero-order valence-corrected chi connectivity index (χ0v) is 21.7. The van der Waals surface area contributed by atoms with Crippen molar-refractivity contribution in [1.82, 2.24) is 0 Å². The van der Waals surface area contributed by atoms with E-state index in [1.54, 1.807) is 24.3 Å². The maximum absolute atomic E-state index is 12.8. The highest BCUT2D eigenvalue weighted by Crippen LogP contribution is 2.54. The molecule has 2 N–H and O–H groups in total.